The van der Waals surface area contributed by atoms with Crippen LogP contribution >= 0.6 is 0 Å². The van der Waals surface area contributed by atoms with Gasteiger partial charge in [-0.3, -0.25) is 4.79 Å². The highest BCUT2D eigenvalue weighted by atomic mass is 16.5. The molecular weight excluding hydrogens is 192 g/mol. The molecule has 0 aromatic rings. The number of nitrogens with one attached hydrogen (secondary N) is 1. The monoisotopic (exact) mass is 216 g/mol. The first-order valence-corrected chi connectivity index (χ1v) is 5.56. The summed E-state index contributed by atoms with van der Waals surface area (Å²) in [6.45, 7) is 6.28. The topological polar surface area (TPSA) is 64.3 Å². The minimum absolute atomic E-state index is 0.0712. The maximum atomic E-state index is 11.8. The molecule has 0 saturated heterocycles. The third-order valence-electron chi connectivity index (χ3n) is 2.59. The molecule has 0 saturated carbocycles. The van der Waals surface area contributed by atoms with Crippen LogP contribution in [0.1, 0.15) is 40.0 Å². The second kappa shape index (κ2) is 6.80. The number of hydrogen-bond donors (Lipinski definition) is 2. The smallest absolute Gasteiger partial charge is 0.240 e. The molecule has 3 N–H and O–H groups in total. The van der Waals surface area contributed by atoms with Crippen LogP contribution in [-0.4, -0.2) is 31.2 Å². The number of carbonyl (C=O) groups excluding carboxylic acids is 1. The summed E-state index contributed by atoms with van der Waals surface area (Å²) in [6.07, 6.45) is 2.56. The van der Waals surface area contributed by atoms with Gasteiger partial charge in [-0.1, -0.05) is 20.3 Å². The van der Waals surface area contributed by atoms with Crippen molar-refractivity contribution in [3.8, 4) is 0 Å². The normalized spacial score (nSPS) is 16.9. The lowest BCUT2D eigenvalue weighted by molar-refractivity contribution is -0.127. The number of ether oxygens (including phenoxy) is 1. The van der Waals surface area contributed by atoms with Crippen LogP contribution in [0, 0.1) is 0 Å². The molecule has 0 heterocycles. The molecule has 15 heavy (non-hydrogen) atoms. The van der Waals surface area contributed by atoms with Gasteiger partial charge in [0.2, 0.25) is 5.91 Å². The van der Waals surface area contributed by atoms with Crippen molar-refractivity contribution in [2.24, 2.45) is 5.73 Å². The number of nitrogens with two attached hydrogens (primary N) is 1. The summed E-state index contributed by atoms with van der Waals surface area (Å²) >= 11 is 0. The highest BCUT2D eigenvalue weighted by molar-refractivity contribution is 5.85. The number of rotatable bonds is 7. The van der Waals surface area contributed by atoms with Crippen molar-refractivity contribution >= 4 is 5.91 Å². The van der Waals surface area contributed by atoms with Crippen molar-refractivity contribution in [1.82, 2.24) is 5.32 Å². The summed E-state index contributed by atoms with van der Waals surface area (Å²) in [7, 11) is 1.64. The van der Waals surface area contributed by atoms with Gasteiger partial charge in [-0.15, -0.1) is 0 Å². The van der Waals surface area contributed by atoms with Gasteiger partial charge in [-0.2, -0.15) is 0 Å². The number of methoxy groups -OCH3 is 1. The van der Waals surface area contributed by atoms with Crippen LogP contribution in [0.3, 0.4) is 0 Å². The lowest BCUT2D eigenvalue weighted by Gasteiger charge is -2.25. The lowest BCUT2D eigenvalue weighted by Crippen LogP contribution is -2.54. The largest absolute Gasteiger partial charge is 0.383 e. The zero-order chi connectivity index (χ0) is 11.9. The number of carbonyl (C=O) groups is 1. The Morgan fingerprint density at radius 3 is 2.53 bits per heavy atom. The summed E-state index contributed by atoms with van der Waals surface area (Å²) in [5.74, 6) is -0.0968. The zero-order valence-electron chi connectivity index (χ0n) is 10.3. The Hall–Kier alpha value is -0.610. The van der Waals surface area contributed by atoms with E-state index in [1.807, 2.05) is 6.92 Å². The van der Waals surface area contributed by atoms with Crippen LogP contribution in [0.2, 0.25) is 0 Å². The fourth-order valence-corrected chi connectivity index (χ4v) is 1.26. The molecule has 0 aliphatic heterocycles. The molecule has 0 spiro atoms. The van der Waals surface area contributed by atoms with Gasteiger partial charge in [0.15, 0.2) is 0 Å². The summed E-state index contributed by atoms with van der Waals surface area (Å²) in [5.41, 5.74) is 5.07. The quantitative estimate of drug-likeness (QED) is 0.668. The Balaban J connectivity index is 4.21. The summed E-state index contributed by atoms with van der Waals surface area (Å²) in [5, 5.41) is 2.92. The van der Waals surface area contributed by atoms with Gasteiger partial charge in [0.25, 0.3) is 0 Å². The van der Waals surface area contributed by atoms with Crippen LogP contribution in [0.5, 0.6) is 0 Å². The average Bonchev–Trinajstić information content (AvgIpc) is 2.18. The van der Waals surface area contributed by atoms with Crippen molar-refractivity contribution in [2.75, 3.05) is 13.7 Å². The van der Waals surface area contributed by atoms with Gasteiger partial charge in [0, 0.05) is 7.11 Å². The number of hydrogen-bond acceptors (Lipinski definition) is 3. The fourth-order valence-electron chi connectivity index (χ4n) is 1.26. The summed E-state index contributed by atoms with van der Waals surface area (Å²) < 4.78 is 5.05. The van der Waals surface area contributed by atoms with Gasteiger partial charge in [-0.05, 0) is 19.8 Å². The molecule has 0 bridgehead atoms. The second-order valence-corrected chi connectivity index (χ2v) is 4.19. The molecule has 4 heteroatoms. The lowest BCUT2D eigenvalue weighted by atomic mass is 9.98. The Morgan fingerprint density at radius 2 is 2.13 bits per heavy atom. The molecule has 0 rings (SSSR count). The SMILES string of the molecule is CCCC(COC)NC(=O)C(C)(N)CC. The third kappa shape index (κ3) is 5.14. The molecule has 0 aromatic heterocycles. The van der Waals surface area contributed by atoms with Crippen molar-refractivity contribution in [3.05, 3.63) is 0 Å². The standard InChI is InChI=1S/C11H24N2O2/c1-5-7-9(8-15-4)13-10(14)11(3,12)6-2/h9H,5-8,12H2,1-4H3,(H,13,14). The van der Waals surface area contributed by atoms with Crippen molar-refractivity contribution < 1.29 is 9.53 Å². The van der Waals surface area contributed by atoms with E-state index in [4.69, 9.17) is 10.5 Å². The first-order chi connectivity index (χ1) is 6.97. The van der Waals surface area contributed by atoms with Gasteiger partial charge in [0.05, 0.1) is 18.2 Å². The van der Waals surface area contributed by atoms with Gasteiger partial charge < -0.3 is 15.8 Å². The second-order valence-electron chi connectivity index (χ2n) is 4.19. The molecule has 2 atom stereocenters. The predicted octanol–water partition coefficient (Wildman–Crippen LogP) is 1.05. The van der Waals surface area contributed by atoms with Crippen LogP contribution in [0.25, 0.3) is 0 Å². The van der Waals surface area contributed by atoms with E-state index < -0.39 is 5.54 Å². The highest BCUT2D eigenvalue weighted by Crippen LogP contribution is 2.06. The Morgan fingerprint density at radius 1 is 1.53 bits per heavy atom. The molecule has 0 aliphatic carbocycles. The van der Waals surface area contributed by atoms with E-state index >= 15 is 0 Å². The fraction of sp³-hybridized carbons (Fsp3) is 0.909. The summed E-state index contributed by atoms with van der Waals surface area (Å²) in [4.78, 5) is 11.8. The van der Waals surface area contributed by atoms with E-state index in [9.17, 15) is 4.79 Å². The molecule has 0 aliphatic rings. The zero-order valence-corrected chi connectivity index (χ0v) is 10.3. The van der Waals surface area contributed by atoms with Crippen LogP contribution in [0.15, 0.2) is 0 Å². The molecule has 1 amide bonds. The molecule has 2 unspecified atom stereocenters. The van der Waals surface area contributed by atoms with E-state index in [1.54, 1.807) is 14.0 Å². The van der Waals surface area contributed by atoms with Crippen LogP contribution in [0.4, 0.5) is 0 Å². The minimum Gasteiger partial charge on any atom is -0.383 e. The van der Waals surface area contributed by atoms with Gasteiger partial charge >= 0.3 is 0 Å². The first kappa shape index (κ1) is 14.4. The van der Waals surface area contributed by atoms with Gasteiger partial charge in [-0.25, -0.2) is 0 Å². The van der Waals surface area contributed by atoms with Crippen molar-refractivity contribution in [2.45, 2.75) is 51.6 Å². The van der Waals surface area contributed by atoms with Crippen LogP contribution in [-0.2, 0) is 9.53 Å². The molecule has 0 radical (unpaired) electrons. The Labute approximate surface area is 92.6 Å². The molecule has 0 aromatic carbocycles. The van der Waals surface area contributed by atoms with Crippen molar-refractivity contribution in [3.63, 3.8) is 0 Å². The Kier molecular flexibility index (Phi) is 6.52. The highest BCUT2D eigenvalue weighted by Gasteiger charge is 2.27. The summed E-state index contributed by atoms with van der Waals surface area (Å²) in [6, 6.07) is 0.0712. The van der Waals surface area contributed by atoms with E-state index in [1.165, 1.54) is 0 Å². The van der Waals surface area contributed by atoms with E-state index in [-0.39, 0.29) is 11.9 Å². The number of amides is 1. The maximum Gasteiger partial charge on any atom is 0.240 e. The third-order valence-corrected chi connectivity index (χ3v) is 2.59. The van der Waals surface area contributed by atoms with Gasteiger partial charge in [0.1, 0.15) is 0 Å². The van der Waals surface area contributed by atoms with E-state index in [2.05, 4.69) is 12.2 Å². The molecule has 90 valence electrons. The first-order valence-electron chi connectivity index (χ1n) is 5.56. The molecular formula is C11H24N2O2. The van der Waals surface area contributed by atoms with Crippen molar-refractivity contribution in [1.29, 1.82) is 0 Å². The minimum atomic E-state index is -0.778. The van der Waals surface area contributed by atoms with Crippen LogP contribution < -0.4 is 11.1 Å². The predicted molar refractivity (Wildman–Crippen MR) is 61.6 cm³/mol. The van der Waals surface area contributed by atoms with E-state index in [0.29, 0.717) is 13.0 Å². The average molecular weight is 216 g/mol. The molecule has 0 fully saturated rings. The molecule has 4 nitrogen and oxygen atoms in total. The Bertz CT molecular complexity index is 187. The maximum absolute atomic E-state index is 11.8. The van der Waals surface area contributed by atoms with E-state index in [0.717, 1.165) is 12.8 Å².